The van der Waals surface area contributed by atoms with E-state index in [1.165, 1.54) is 0 Å². The first-order valence-corrected chi connectivity index (χ1v) is 1.17. The van der Waals surface area contributed by atoms with Crippen LogP contribution in [0.2, 0.25) is 0 Å². The fraction of sp³-hybridized carbons (Fsp3) is 0. The summed E-state index contributed by atoms with van der Waals surface area (Å²) in [6.07, 6.45) is 0. The Labute approximate surface area is 77.9 Å². The molecule has 0 heterocycles. The van der Waals surface area contributed by atoms with E-state index < -0.39 is 7.32 Å². The van der Waals surface area contributed by atoms with Gasteiger partial charge in [0.2, 0.25) is 0 Å². The molecule has 0 saturated carbocycles. The van der Waals surface area contributed by atoms with Crippen molar-refractivity contribution in [3.8, 4) is 0 Å². The Bertz CT molecular complexity index is 24.8. The molecule has 0 aromatic carbocycles. The maximum atomic E-state index is 8.99. The summed E-state index contributed by atoms with van der Waals surface area (Å²) in [5.74, 6) is 0. The molecule has 0 N–H and O–H groups in total. The van der Waals surface area contributed by atoms with E-state index in [0.29, 0.717) is 0 Å². The Kier molecular flexibility index (Phi) is 11.9. The minimum absolute atomic E-state index is 0. The first-order valence-electron chi connectivity index (χ1n) is 0.861. The molecule has 0 bridgehead atoms. The van der Waals surface area contributed by atoms with Crippen molar-refractivity contribution in [1.82, 2.24) is 0 Å². The van der Waals surface area contributed by atoms with Crippen LogP contribution in [0.5, 0.6) is 0 Å². The van der Waals surface area contributed by atoms with E-state index in [-0.39, 0.29) is 45.5 Å². The van der Waals surface area contributed by atoms with Gasteiger partial charge in [-0.2, -0.15) is 0 Å². The zero-order valence-corrected chi connectivity index (χ0v) is 7.12. The third-order valence-corrected chi connectivity index (χ3v) is 0.218. The van der Waals surface area contributed by atoms with E-state index in [2.05, 4.69) is 16.1 Å². The van der Waals surface area contributed by atoms with E-state index >= 15 is 0 Å². The molecule has 0 aliphatic carbocycles. The van der Waals surface area contributed by atoms with Gasteiger partial charge in [-0.05, 0) is 0 Å². The molecule has 0 atom stereocenters. The van der Waals surface area contributed by atoms with Gasteiger partial charge >= 0.3 is 45.5 Å². The number of rotatable bonds is 1. The second-order valence-electron chi connectivity index (χ2n) is 0.378. The molecule has 6 heavy (non-hydrogen) atoms. The molecule has 3 nitrogen and oxygen atoms in total. The Morgan fingerprint density at radius 3 is 1.67 bits per heavy atom. The third-order valence-electron chi connectivity index (χ3n) is 0.0727. The summed E-state index contributed by atoms with van der Waals surface area (Å²) in [6.45, 7) is 0. The molecule has 0 unspecified atom stereocenters. The molecular weight excluding hydrogens is 182 g/mol. The number of halogens is 1. The molecule has 0 spiro atoms. The molecule has 0 aromatic heterocycles. The molecule has 0 aliphatic rings. The molecule has 0 fully saturated rings. The van der Waals surface area contributed by atoms with Gasteiger partial charge in [0, 0.05) is 11.9 Å². The summed E-state index contributed by atoms with van der Waals surface area (Å²) >= 11 is 4.21. The Morgan fingerprint density at radius 2 is 1.67 bits per heavy atom. The maximum absolute atomic E-state index is 8.99. The van der Waals surface area contributed by atoms with Crippen molar-refractivity contribution in [2.75, 3.05) is 0 Å². The Balaban J connectivity index is 0. The van der Waals surface area contributed by atoms with Gasteiger partial charge < -0.3 is 14.3 Å². The fourth-order valence-corrected chi connectivity index (χ4v) is 0. The van der Waals surface area contributed by atoms with Crippen LogP contribution in [0, 0.1) is 0 Å². The van der Waals surface area contributed by atoms with Crippen LogP contribution in [0.25, 0.3) is 0 Å². The molecule has 0 radical (unpaired) electrons. The number of hydrogen-bond acceptors (Lipinski definition) is 3. The molecule has 30 valence electrons. The minimum Gasteiger partial charge on any atom is -0.869 e. The predicted molar refractivity (Wildman–Crippen MR) is 18.4 cm³/mol. The third kappa shape index (κ3) is 9.21. The maximum Gasteiger partial charge on any atom is 2.00 e. The van der Waals surface area contributed by atoms with Crippen LogP contribution in [0.1, 0.15) is 0 Å². The van der Waals surface area contributed by atoms with E-state index in [9.17, 15) is 0 Å². The predicted octanol–water partition coefficient (Wildman–Crippen LogP) is -2.52. The average Bonchev–Trinajstić information content (AvgIpc) is 1.38. The van der Waals surface area contributed by atoms with Crippen molar-refractivity contribution in [3.05, 3.63) is 0 Å². The van der Waals surface area contributed by atoms with Crippen molar-refractivity contribution >= 4 is 64.7 Å². The summed E-state index contributed by atoms with van der Waals surface area (Å²) < 4.78 is 3.11. The quantitative estimate of drug-likeness (QED) is 0.420. The molecule has 0 saturated heterocycles. The normalized spacial score (nSPS) is 6.50. The van der Waals surface area contributed by atoms with E-state index in [1.807, 2.05) is 0 Å². The van der Waals surface area contributed by atoms with Crippen molar-refractivity contribution in [1.29, 1.82) is 0 Å². The summed E-state index contributed by atoms with van der Waals surface area (Å²) in [5.41, 5.74) is 0. The van der Waals surface area contributed by atoms with Gasteiger partial charge in [-0.25, -0.2) is 0 Å². The summed E-state index contributed by atoms with van der Waals surface area (Å²) in [6, 6.07) is 0. The molecular formula is BClO3Sr. The SMILES string of the molecule is [O-]B([O-])OCl.[Sr+2]. The van der Waals surface area contributed by atoms with Crippen molar-refractivity contribution in [2.45, 2.75) is 0 Å². The summed E-state index contributed by atoms with van der Waals surface area (Å²) in [7, 11) is -2.35. The summed E-state index contributed by atoms with van der Waals surface area (Å²) in [4.78, 5) is 0. The second-order valence-corrected chi connectivity index (χ2v) is 0.556. The van der Waals surface area contributed by atoms with Crippen LogP contribution in [0.4, 0.5) is 0 Å². The topological polar surface area (TPSA) is 55.3 Å². The minimum atomic E-state index is -2.35. The first kappa shape index (κ1) is 10.7. The van der Waals surface area contributed by atoms with Crippen LogP contribution < -0.4 is 10.0 Å². The van der Waals surface area contributed by atoms with E-state index in [0.717, 1.165) is 0 Å². The smallest absolute Gasteiger partial charge is 0.869 e. The monoisotopic (exact) mass is 182 g/mol. The van der Waals surface area contributed by atoms with Gasteiger partial charge in [0.15, 0.2) is 0 Å². The van der Waals surface area contributed by atoms with Crippen LogP contribution in [-0.2, 0) is 4.21 Å². The van der Waals surface area contributed by atoms with Crippen molar-refractivity contribution < 1.29 is 14.3 Å². The molecule has 6 heteroatoms. The van der Waals surface area contributed by atoms with Gasteiger partial charge in [-0.15, -0.1) is 0 Å². The average molecular weight is 182 g/mol. The fourth-order valence-electron chi connectivity index (χ4n) is 0. The standard InChI is InChI=1S/BClO3.Sr/c2-5-1(3)4;/q-2;+2. The van der Waals surface area contributed by atoms with Crippen molar-refractivity contribution in [3.63, 3.8) is 0 Å². The second kappa shape index (κ2) is 6.72. The Morgan fingerprint density at radius 1 is 1.50 bits per heavy atom. The molecule has 0 aromatic rings. The molecule has 0 rings (SSSR count). The van der Waals surface area contributed by atoms with E-state index in [4.69, 9.17) is 10.0 Å². The molecule has 0 aliphatic heterocycles. The zero-order chi connectivity index (χ0) is 4.28. The summed E-state index contributed by atoms with van der Waals surface area (Å²) in [5, 5.41) is 18.0. The van der Waals surface area contributed by atoms with Crippen LogP contribution >= 0.6 is 11.9 Å². The molecule has 0 amide bonds. The van der Waals surface area contributed by atoms with Gasteiger partial charge in [0.05, 0.1) is 7.32 Å². The van der Waals surface area contributed by atoms with Gasteiger partial charge in [-0.1, -0.05) is 0 Å². The van der Waals surface area contributed by atoms with Crippen LogP contribution in [0.15, 0.2) is 0 Å². The van der Waals surface area contributed by atoms with Gasteiger partial charge in [0.1, 0.15) is 0 Å². The van der Waals surface area contributed by atoms with Crippen LogP contribution in [-0.4, -0.2) is 52.8 Å². The van der Waals surface area contributed by atoms with Gasteiger partial charge in [-0.3, -0.25) is 0 Å². The zero-order valence-electron chi connectivity index (χ0n) is 2.89. The van der Waals surface area contributed by atoms with Crippen LogP contribution in [0.3, 0.4) is 0 Å². The first-order chi connectivity index (χ1) is 2.27. The largest absolute Gasteiger partial charge is 2.00 e. The Hall–Kier alpha value is 1.72. The number of hydrogen-bond donors (Lipinski definition) is 0. The van der Waals surface area contributed by atoms with Gasteiger partial charge in [0.25, 0.3) is 0 Å². The van der Waals surface area contributed by atoms with E-state index in [1.54, 1.807) is 0 Å². The van der Waals surface area contributed by atoms with Crippen molar-refractivity contribution in [2.24, 2.45) is 0 Å².